The number of carbonyl (C=O) groups excluding carboxylic acids is 1. The molecule has 0 saturated carbocycles. The molecule has 7 heteroatoms. The Morgan fingerprint density at radius 3 is 2.30 bits per heavy atom. The maximum Gasteiger partial charge on any atom is 0.241 e. The Morgan fingerprint density at radius 1 is 1.20 bits per heavy atom. The summed E-state index contributed by atoms with van der Waals surface area (Å²) in [5.41, 5.74) is 0. The normalized spacial score (nSPS) is 10.2. The van der Waals surface area contributed by atoms with Crippen LogP contribution in [-0.4, -0.2) is 53.2 Å². The number of likely N-dealkylation sites (N-methyl/N-ethyl adjacent to an activating group) is 1. The van der Waals surface area contributed by atoms with Crippen molar-refractivity contribution in [2.75, 3.05) is 43.1 Å². The maximum atomic E-state index is 11.9. The summed E-state index contributed by atoms with van der Waals surface area (Å²) in [6, 6.07) is 1.82. The van der Waals surface area contributed by atoms with E-state index in [9.17, 15) is 4.79 Å². The van der Waals surface area contributed by atoms with Crippen molar-refractivity contribution in [1.82, 2.24) is 14.9 Å². The molecule has 0 atom stereocenters. The van der Waals surface area contributed by atoms with Crippen LogP contribution >= 0.6 is 11.8 Å². The number of nitrogens with one attached hydrogen (secondary N) is 2. The Bertz CT molecular complexity index is 437. The van der Waals surface area contributed by atoms with Gasteiger partial charge in [-0.1, -0.05) is 11.8 Å². The number of anilines is 2. The van der Waals surface area contributed by atoms with Gasteiger partial charge in [0.25, 0.3) is 0 Å². The number of aromatic nitrogens is 2. The topological polar surface area (TPSA) is 70.2 Å². The van der Waals surface area contributed by atoms with Gasteiger partial charge >= 0.3 is 0 Å². The SMILES string of the molecule is CCNc1cc(NCC(=O)N(CC)CC)nc(SC)n1. The monoisotopic (exact) mass is 297 g/mol. The van der Waals surface area contributed by atoms with E-state index >= 15 is 0 Å². The summed E-state index contributed by atoms with van der Waals surface area (Å²) >= 11 is 1.47. The first kappa shape index (κ1) is 16.6. The molecule has 0 radical (unpaired) electrons. The molecule has 2 N–H and O–H groups in total. The van der Waals surface area contributed by atoms with Crippen LogP contribution in [0.3, 0.4) is 0 Å². The van der Waals surface area contributed by atoms with Crippen LogP contribution in [0.1, 0.15) is 20.8 Å². The lowest BCUT2D eigenvalue weighted by molar-refractivity contribution is -0.128. The van der Waals surface area contributed by atoms with E-state index in [0.717, 1.165) is 25.5 Å². The Hall–Kier alpha value is -1.50. The number of hydrogen-bond donors (Lipinski definition) is 2. The van der Waals surface area contributed by atoms with Gasteiger partial charge in [-0.3, -0.25) is 4.79 Å². The van der Waals surface area contributed by atoms with Crippen LogP contribution in [-0.2, 0) is 4.79 Å². The molecule has 20 heavy (non-hydrogen) atoms. The second-order valence-electron chi connectivity index (χ2n) is 4.08. The molecule has 0 aliphatic rings. The van der Waals surface area contributed by atoms with Gasteiger partial charge < -0.3 is 15.5 Å². The first-order chi connectivity index (χ1) is 9.64. The lowest BCUT2D eigenvalue weighted by Crippen LogP contribution is -2.35. The van der Waals surface area contributed by atoms with Crippen molar-refractivity contribution in [3.8, 4) is 0 Å². The largest absolute Gasteiger partial charge is 0.370 e. The van der Waals surface area contributed by atoms with Crippen LogP contribution in [0.25, 0.3) is 0 Å². The number of rotatable bonds is 8. The van der Waals surface area contributed by atoms with E-state index in [2.05, 4.69) is 20.6 Å². The van der Waals surface area contributed by atoms with Gasteiger partial charge in [-0.05, 0) is 27.0 Å². The van der Waals surface area contributed by atoms with Crippen LogP contribution in [0, 0.1) is 0 Å². The molecule has 0 aromatic carbocycles. The molecule has 1 heterocycles. The van der Waals surface area contributed by atoms with Gasteiger partial charge in [0, 0.05) is 25.7 Å². The number of thioether (sulfide) groups is 1. The molecule has 112 valence electrons. The first-order valence-electron chi connectivity index (χ1n) is 6.83. The molecule has 0 saturated heterocycles. The van der Waals surface area contributed by atoms with Gasteiger partial charge in [0.05, 0.1) is 6.54 Å². The molecule has 0 spiro atoms. The summed E-state index contributed by atoms with van der Waals surface area (Å²) in [4.78, 5) is 22.4. The summed E-state index contributed by atoms with van der Waals surface area (Å²) < 4.78 is 0. The molecular formula is C13H23N5OS. The van der Waals surface area contributed by atoms with E-state index in [-0.39, 0.29) is 12.5 Å². The Labute approximate surface area is 124 Å². The average Bonchev–Trinajstić information content (AvgIpc) is 2.46. The van der Waals surface area contributed by atoms with E-state index in [1.165, 1.54) is 11.8 Å². The predicted octanol–water partition coefficient (Wildman–Crippen LogP) is 1.91. The van der Waals surface area contributed by atoms with Crippen LogP contribution in [0.2, 0.25) is 0 Å². The fourth-order valence-corrected chi connectivity index (χ4v) is 2.11. The standard InChI is InChI=1S/C13H23N5OS/c1-5-14-10-8-11(17-13(16-10)20-4)15-9-12(19)18(6-2)7-3/h8H,5-7,9H2,1-4H3,(H2,14,15,16,17). The molecule has 1 aromatic rings. The number of amides is 1. The molecule has 0 bridgehead atoms. The summed E-state index contributed by atoms with van der Waals surface area (Å²) in [6.45, 7) is 8.44. The highest BCUT2D eigenvalue weighted by Gasteiger charge is 2.10. The Morgan fingerprint density at radius 2 is 1.80 bits per heavy atom. The summed E-state index contributed by atoms with van der Waals surface area (Å²) in [6.07, 6.45) is 1.93. The van der Waals surface area contributed by atoms with Crippen molar-refractivity contribution in [2.45, 2.75) is 25.9 Å². The van der Waals surface area contributed by atoms with Gasteiger partial charge in [0.1, 0.15) is 11.6 Å². The molecule has 0 fully saturated rings. The third kappa shape index (κ3) is 4.88. The fraction of sp³-hybridized carbons (Fsp3) is 0.615. The van der Waals surface area contributed by atoms with Crippen molar-refractivity contribution in [2.24, 2.45) is 0 Å². The fourth-order valence-electron chi connectivity index (χ4n) is 1.73. The van der Waals surface area contributed by atoms with Crippen molar-refractivity contribution >= 4 is 29.3 Å². The van der Waals surface area contributed by atoms with E-state index < -0.39 is 0 Å². The molecule has 1 rings (SSSR count). The zero-order valence-corrected chi connectivity index (χ0v) is 13.4. The van der Waals surface area contributed by atoms with Gasteiger partial charge in [-0.2, -0.15) is 0 Å². The Kier molecular flexibility index (Phi) is 7.14. The van der Waals surface area contributed by atoms with Crippen molar-refractivity contribution in [3.05, 3.63) is 6.07 Å². The number of carbonyl (C=O) groups is 1. The van der Waals surface area contributed by atoms with Gasteiger partial charge in [0.15, 0.2) is 5.16 Å². The van der Waals surface area contributed by atoms with E-state index in [1.807, 2.05) is 33.1 Å². The quantitative estimate of drug-likeness (QED) is 0.564. The van der Waals surface area contributed by atoms with E-state index in [0.29, 0.717) is 11.0 Å². The summed E-state index contributed by atoms with van der Waals surface area (Å²) in [5, 5.41) is 6.91. The summed E-state index contributed by atoms with van der Waals surface area (Å²) in [5.74, 6) is 1.51. The minimum atomic E-state index is 0.0734. The minimum Gasteiger partial charge on any atom is -0.370 e. The zero-order chi connectivity index (χ0) is 15.0. The molecular weight excluding hydrogens is 274 g/mol. The molecule has 1 aromatic heterocycles. The van der Waals surface area contributed by atoms with Gasteiger partial charge in [-0.15, -0.1) is 0 Å². The summed E-state index contributed by atoms with van der Waals surface area (Å²) in [7, 11) is 0. The molecule has 0 aliphatic carbocycles. The lowest BCUT2D eigenvalue weighted by atomic mass is 10.4. The predicted molar refractivity (Wildman–Crippen MR) is 84.4 cm³/mol. The highest BCUT2D eigenvalue weighted by atomic mass is 32.2. The maximum absolute atomic E-state index is 11.9. The molecule has 6 nitrogen and oxygen atoms in total. The van der Waals surface area contributed by atoms with E-state index in [4.69, 9.17) is 0 Å². The lowest BCUT2D eigenvalue weighted by Gasteiger charge is -2.19. The van der Waals surface area contributed by atoms with Crippen LogP contribution in [0.4, 0.5) is 11.6 Å². The molecule has 0 unspecified atom stereocenters. The van der Waals surface area contributed by atoms with Crippen molar-refractivity contribution in [1.29, 1.82) is 0 Å². The smallest absolute Gasteiger partial charge is 0.241 e. The van der Waals surface area contributed by atoms with Crippen LogP contribution in [0.15, 0.2) is 11.2 Å². The Balaban J connectivity index is 2.71. The molecule has 0 aliphatic heterocycles. The second kappa shape index (κ2) is 8.63. The third-order valence-corrected chi connectivity index (χ3v) is 3.33. The second-order valence-corrected chi connectivity index (χ2v) is 4.85. The average molecular weight is 297 g/mol. The third-order valence-electron chi connectivity index (χ3n) is 2.78. The van der Waals surface area contributed by atoms with Crippen LogP contribution in [0.5, 0.6) is 0 Å². The highest BCUT2D eigenvalue weighted by Crippen LogP contribution is 2.17. The number of hydrogen-bond acceptors (Lipinski definition) is 6. The van der Waals surface area contributed by atoms with Gasteiger partial charge in [-0.25, -0.2) is 9.97 Å². The zero-order valence-electron chi connectivity index (χ0n) is 12.6. The van der Waals surface area contributed by atoms with E-state index in [1.54, 1.807) is 4.90 Å². The van der Waals surface area contributed by atoms with Crippen molar-refractivity contribution < 1.29 is 4.79 Å². The van der Waals surface area contributed by atoms with Gasteiger partial charge in [0.2, 0.25) is 5.91 Å². The first-order valence-corrected chi connectivity index (χ1v) is 8.05. The van der Waals surface area contributed by atoms with Crippen LogP contribution < -0.4 is 10.6 Å². The minimum absolute atomic E-state index is 0.0734. The molecule has 1 amide bonds. The van der Waals surface area contributed by atoms with Crippen molar-refractivity contribution in [3.63, 3.8) is 0 Å². The highest BCUT2D eigenvalue weighted by molar-refractivity contribution is 7.98. The number of nitrogens with zero attached hydrogens (tertiary/aromatic N) is 3.